The fraction of sp³-hybridized carbons (Fsp3) is 0.109. The Morgan fingerprint density at radius 3 is 2.39 bits per heavy atom. The molecule has 0 spiro atoms. The van der Waals surface area contributed by atoms with Crippen LogP contribution < -0.4 is 5.19 Å². The minimum atomic E-state index is -1.36. The van der Waals surface area contributed by atoms with Crippen molar-refractivity contribution in [3.05, 3.63) is 151 Å². The Kier molecular flexibility index (Phi) is 8.23. The van der Waals surface area contributed by atoms with E-state index in [-0.39, 0.29) is 38.2 Å². The van der Waals surface area contributed by atoms with Crippen LogP contribution in [-0.4, -0.2) is 27.6 Å². The monoisotopic (exact) mass is 900 g/mol. The van der Waals surface area contributed by atoms with Crippen molar-refractivity contribution in [3.8, 4) is 28.3 Å². The van der Waals surface area contributed by atoms with Gasteiger partial charge in [0.25, 0.3) is 0 Å². The maximum Gasteiger partial charge on any atom is 0.216 e. The first-order valence-corrected chi connectivity index (χ1v) is 21.0. The summed E-state index contributed by atoms with van der Waals surface area (Å²) in [5.74, 6) is 0.744. The first-order chi connectivity index (χ1) is 27.0. The van der Waals surface area contributed by atoms with E-state index in [9.17, 15) is 0 Å². The molecular weight excluding hydrogens is 861 g/mol. The number of hydrogen-bond donors (Lipinski definition) is 0. The second-order valence-corrected chi connectivity index (χ2v) is 19.3. The molecule has 5 aromatic carbocycles. The van der Waals surface area contributed by atoms with Crippen LogP contribution in [0.4, 0.5) is 0 Å². The van der Waals surface area contributed by atoms with Crippen molar-refractivity contribution < 1.29 is 33.1 Å². The van der Waals surface area contributed by atoms with E-state index in [0.29, 0.717) is 17.0 Å². The molecule has 54 heavy (non-hydrogen) atoms. The average molecular weight is 900 g/mol. The molecule has 0 N–H and O–H groups in total. The van der Waals surface area contributed by atoms with Gasteiger partial charge < -0.3 is 18.4 Å². The average Bonchev–Trinajstić information content (AvgIpc) is 3.89. The second kappa shape index (κ2) is 14.0. The Labute approximate surface area is 332 Å². The summed E-state index contributed by atoms with van der Waals surface area (Å²) in [7, 11) is -1.36. The van der Waals surface area contributed by atoms with Crippen LogP contribution in [0.2, 0.25) is 19.6 Å². The van der Waals surface area contributed by atoms with Gasteiger partial charge in [0.05, 0.1) is 36.2 Å². The van der Waals surface area contributed by atoms with Gasteiger partial charge in [0.15, 0.2) is 5.58 Å². The summed E-state index contributed by atoms with van der Waals surface area (Å²) in [6.07, 6.45) is 1.87. The number of rotatable bonds is 4. The molecule has 0 aliphatic rings. The zero-order valence-corrected chi connectivity index (χ0v) is 33.7. The van der Waals surface area contributed by atoms with Crippen molar-refractivity contribution in [3.63, 3.8) is 0 Å². The van der Waals surface area contributed by atoms with Crippen LogP contribution in [0.1, 0.15) is 15.4 Å². The predicted molar refractivity (Wildman–Crippen MR) is 219 cm³/mol. The smallest absolute Gasteiger partial charge is 0.216 e. The van der Waals surface area contributed by atoms with Crippen LogP contribution in [0.5, 0.6) is 0 Å². The predicted octanol–water partition coefficient (Wildman–Crippen LogP) is 11.4. The minimum Gasteiger partial charge on any atom is -0.486 e. The number of hydrogen-bond acceptors (Lipinski definition) is 5. The van der Waals surface area contributed by atoms with Crippen molar-refractivity contribution in [2.75, 3.05) is 0 Å². The fourth-order valence-corrected chi connectivity index (χ4v) is 7.92. The molecule has 0 aliphatic heterocycles. The van der Waals surface area contributed by atoms with Gasteiger partial charge in [0, 0.05) is 50.9 Å². The molecule has 1 radical (unpaired) electrons. The normalized spacial score (nSPS) is 12.4. The Morgan fingerprint density at radius 2 is 1.57 bits per heavy atom. The molecule has 0 unspecified atom stereocenters. The molecule has 0 saturated heterocycles. The number of furan rings is 2. The number of nitrogens with zero attached hydrogens (tertiary/aromatic N) is 4. The molecule has 10 aromatic rings. The van der Waals surface area contributed by atoms with E-state index in [2.05, 4.69) is 95.7 Å². The first-order valence-electron chi connectivity index (χ1n) is 19.0. The van der Waals surface area contributed by atoms with E-state index in [1.165, 1.54) is 16.8 Å². The Balaban J connectivity index is 0.000000194. The number of para-hydroxylation sites is 3. The van der Waals surface area contributed by atoms with E-state index in [1.807, 2.05) is 67.7 Å². The van der Waals surface area contributed by atoms with Crippen LogP contribution in [0.25, 0.3) is 83.4 Å². The van der Waals surface area contributed by atoms with Crippen LogP contribution in [0, 0.1) is 26.0 Å². The van der Waals surface area contributed by atoms with Gasteiger partial charge in [0.2, 0.25) is 5.71 Å². The van der Waals surface area contributed by atoms with Gasteiger partial charge in [-0.05, 0) is 68.1 Å². The van der Waals surface area contributed by atoms with Crippen molar-refractivity contribution >= 4 is 68.3 Å². The molecule has 0 atom stereocenters. The van der Waals surface area contributed by atoms with Crippen molar-refractivity contribution in [1.29, 1.82) is 0 Å². The van der Waals surface area contributed by atoms with Crippen LogP contribution in [-0.2, 0) is 20.1 Å². The SMILES string of the molecule is Cc1ccc2c(n1)oc1c(-c3nc4ccccc4n3-c3ccc(C)c4c3oc3ccccc34)[c-]ccc12.[2H]c1[c-]c(-c2ccc([Si](C)(C)C)cn2)cc([2H])c1[2H].[Ir]. The largest absolute Gasteiger partial charge is 0.486 e. The summed E-state index contributed by atoms with van der Waals surface area (Å²) < 4.78 is 37.7. The molecule has 5 heterocycles. The summed E-state index contributed by atoms with van der Waals surface area (Å²) in [5.41, 5.74) is 10.0. The van der Waals surface area contributed by atoms with E-state index < -0.39 is 8.07 Å². The molecule has 5 aromatic heterocycles. The Hall–Kier alpha value is -5.66. The van der Waals surface area contributed by atoms with Crippen molar-refractivity contribution in [1.82, 2.24) is 19.5 Å². The van der Waals surface area contributed by atoms with Crippen LogP contribution in [0.15, 0.2) is 136 Å². The standard InChI is InChI=1S/C32H20N3O2.C14H16NSi.Ir/c1-18-14-17-26(30-28(18)22-8-3-6-13-27(22)36-30)35-25-12-5-4-11-24(25)34-31(35)23-10-7-9-20-21-16-15-19(2)33-32(21)37-29(20)23;1-16(2,3)13-9-10-14(15-11-13)12-7-5-4-6-8-12;/h3-9,11-17H,1-2H3;4-7,9-11H,1-3H3;/q2*-1;/i;4D,5D,6D;. The van der Waals surface area contributed by atoms with Gasteiger partial charge in [-0.25, -0.2) is 4.98 Å². The number of aromatic nitrogens is 4. The molecule has 0 amide bonds. The third-order valence-electron chi connectivity index (χ3n) is 9.63. The molecule has 0 fully saturated rings. The zero-order chi connectivity index (χ0) is 38.9. The fourth-order valence-electron chi connectivity index (χ4n) is 6.89. The molecule has 267 valence electrons. The Bertz CT molecular complexity index is 3130. The van der Waals surface area contributed by atoms with Gasteiger partial charge in [-0.1, -0.05) is 79.1 Å². The maximum atomic E-state index is 7.64. The van der Waals surface area contributed by atoms with Crippen molar-refractivity contribution in [2.45, 2.75) is 33.5 Å². The summed E-state index contributed by atoms with van der Waals surface area (Å²) >= 11 is 0. The zero-order valence-electron chi connectivity index (χ0n) is 33.3. The topological polar surface area (TPSA) is 69.9 Å². The number of fused-ring (bicyclic) bond motifs is 7. The number of aryl methyl sites for hydroxylation is 2. The molecule has 10 rings (SSSR count). The van der Waals surface area contributed by atoms with Gasteiger partial charge in [-0.2, -0.15) is 0 Å². The van der Waals surface area contributed by atoms with Crippen LogP contribution in [0.3, 0.4) is 0 Å². The molecule has 8 heteroatoms. The van der Waals surface area contributed by atoms with Crippen LogP contribution >= 0.6 is 0 Å². The number of benzene rings is 5. The molecule has 6 nitrogen and oxygen atoms in total. The molecule has 0 saturated carbocycles. The summed E-state index contributed by atoms with van der Waals surface area (Å²) in [6.45, 7) is 10.9. The van der Waals surface area contributed by atoms with Gasteiger partial charge in [0.1, 0.15) is 5.58 Å². The molecular formula is C46H36IrN4O2Si-2. The number of imidazole rings is 1. The first kappa shape index (κ1) is 31.8. The van der Waals surface area contributed by atoms with Gasteiger partial charge in [-0.3, -0.25) is 4.98 Å². The minimum absolute atomic E-state index is 0. The maximum absolute atomic E-state index is 7.64. The van der Waals surface area contributed by atoms with E-state index in [0.717, 1.165) is 72.1 Å². The van der Waals surface area contributed by atoms with Gasteiger partial charge >= 0.3 is 0 Å². The van der Waals surface area contributed by atoms with Crippen molar-refractivity contribution in [2.24, 2.45) is 0 Å². The van der Waals surface area contributed by atoms with E-state index in [4.69, 9.17) is 17.9 Å². The summed E-state index contributed by atoms with van der Waals surface area (Å²) in [4.78, 5) is 14.1. The quantitative estimate of drug-likeness (QED) is 0.130. The van der Waals surface area contributed by atoms with Gasteiger partial charge in [-0.15, -0.1) is 54.0 Å². The molecule has 0 bridgehead atoms. The summed E-state index contributed by atoms with van der Waals surface area (Å²) in [6, 6.07) is 40.2. The third kappa shape index (κ3) is 6.16. The van der Waals surface area contributed by atoms with E-state index in [1.54, 1.807) is 0 Å². The second-order valence-electron chi connectivity index (χ2n) is 14.2. The third-order valence-corrected chi connectivity index (χ3v) is 11.7. The van der Waals surface area contributed by atoms with E-state index >= 15 is 0 Å². The summed E-state index contributed by atoms with van der Waals surface area (Å²) in [5, 5.41) is 5.46. The number of pyridine rings is 2. The Morgan fingerprint density at radius 1 is 0.741 bits per heavy atom. The molecule has 0 aliphatic carbocycles.